The van der Waals surface area contributed by atoms with Crippen molar-refractivity contribution in [1.82, 2.24) is 0 Å². The van der Waals surface area contributed by atoms with E-state index >= 15 is 0 Å². The highest BCUT2D eigenvalue weighted by molar-refractivity contribution is 7.91. The zero-order valence-electron chi connectivity index (χ0n) is 14.9. The van der Waals surface area contributed by atoms with Gasteiger partial charge in [-0.1, -0.05) is 36.4 Å². The van der Waals surface area contributed by atoms with Crippen LogP contribution in [0.3, 0.4) is 0 Å². The number of carbonyl (C=O) groups excluding carboxylic acids is 2. The SMILES string of the molecule is O=C(Nc1ccc(S(=O)(=O)c2ccccc2)c2c1C(=O)CC2)c1ccccc1. The number of Topliss-reactive ketones (excluding diaryl/α,β-unsaturated/α-hetero) is 1. The number of fused-ring (bicyclic) bond motifs is 1. The van der Waals surface area contributed by atoms with Gasteiger partial charge in [0.05, 0.1) is 15.5 Å². The number of benzene rings is 3. The highest BCUT2D eigenvalue weighted by Gasteiger charge is 2.31. The van der Waals surface area contributed by atoms with Crippen molar-refractivity contribution in [1.29, 1.82) is 0 Å². The number of hydrogen-bond donors (Lipinski definition) is 1. The number of ketones is 1. The Bertz CT molecular complexity index is 1170. The first-order valence-electron chi connectivity index (χ1n) is 8.84. The van der Waals surface area contributed by atoms with E-state index in [-0.39, 0.29) is 27.9 Å². The summed E-state index contributed by atoms with van der Waals surface area (Å²) in [7, 11) is -3.75. The fourth-order valence-corrected chi connectivity index (χ4v) is 4.97. The number of sulfone groups is 1. The van der Waals surface area contributed by atoms with Gasteiger partial charge in [-0.2, -0.15) is 0 Å². The van der Waals surface area contributed by atoms with Crippen LogP contribution in [0.15, 0.2) is 82.6 Å². The average molecular weight is 391 g/mol. The van der Waals surface area contributed by atoms with Gasteiger partial charge in [0, 0.05) is 17.5 Å². The molecule has 0 saturated carbocycles. The van der Waals surface area contributed by atoms with Gasteiger partial charge in [0.15, 0.2) is 5.78 Å². The molecule has 0 heterocycles. The fourth-order valence-electron chi connectivity index (χ4n) is 3.43. The molecular weight excluding hydrogens is 374 g/mol. The standard InChI is InChI=1S/C22H17NO4S/c24-19-13-11-17-20(28(26,27)16-9-5-2-6-10-16)14-12-18(21(17)19)23-22(25)15-7-3-1-4-8-15/h1-10,12,14H,11,13H2,(H,23,25). The Labute approximate surface area is 162 Å². The second kappa shape index (κ2) is 7.05. The summed E-state index contributed by atoms with van der Waals surface area (Å²) < 4.78 is 26.1. The molecule has 1 aliphatic rings. The molecule has 3 aromatic rings. The van der Waals surface area contributed by atoms with Gasteiger partial charge in [0.2, 0.25) is 9.84 Å². The molecule has 140 valence electrons. The molecule has 0 aromatic heterocycles. The maximum absolute atomic E-state index is 13.1. The minimum Gasteiger partial charge on any atom is -0.321 e. The van der Waals surface area contributed by atoms with Crippen molar-refractivity contribution in [2.75, 3.05) is 5.32 Å². The summed E-state index contributed by atoms with van der Waals surface area (Å²) in [6.07, 6.45) is 0.565. The first kappa shape index (κ1) is 18.1. The average Bonchev–Trinajstić information content (AvgIpc) is 3.11. The molecule has 0 spiro atoms. The Morgan fingerprint density at radius 2 is 1.46 bits per heavy atom. The number of rotatable bonds is 4. The molecule has 6 heteroatoms. The number of amides is 1. The second-order valence-corrected chi connectivity index (χ2v) is 8.44. The fraction of sp³-hybridized carbons (Fsp3) is 0.0909. The molecule has 1 N–H and O–H groups in total. The van der Waals surface area contributed by atoms with Crippen molar-refractivity contribution in [3.8, 4) is 0 Å². The third-order valence-corrected chi connectivity index (χ3v) is 6.63. The Hall–Kier alpha value is -3.25. The number of anilines is 1. The topological polar surface area (TPSA) is 80.3 Å². The predicted octanol–water partition coefficient (Wildman–Crippen LogP) is 3.90. The van der Waals surface area contributed by atoms with Gasteiger partial charge in [-0.05, 0) is 48.4 Å². The zero-order valence-corrected chi connectivity index (χ0v) is 15.7. The van der Waals surface area contributed by atoms with Crippen molar-refractivity contribution < 1.29 is 18.0 Å². The van der Waals surface area contributed by atoms with E-state index in [9.17, 15) is 18.0 Å². The molecule has 1 amide bonds. The van der Waals surface area contributed by atoms with Crippen molar-refractivity contribution in [2.45, 2.75) is 22.6 Å². The van der Waals surface area contributed by atoms with Crippen LogP contribution in [0, 0.1) is 0 Å². The molecule has 0 unspecified atom stereocenters. The summed E-state index contributed by atoms with van der Waals surface area (Å²) in [6.45, 7) is 0. The Morgan fingerprint density at radius 1 is 0.821 bits per heavy atom. The summed E-state index contributed by atoms with van der Waals surface area (Å²) in [5.74, 6) is -0.510. The van der Waals surface area contributed by atoms with Crippen LogP contribution in [-0.2, 0) is 16.3 Å². The van der Waals surface area contributed by atoms with Gasteiger partial charge in [0.1, 0.15) is 0 Å². The lowest BCUT2D eigenvalue weighted by molar-refractivity contribution is 0.0995. The lowest BCUT2D eigenvalue weighted by atomic mass is 10.1. The molecule has 0 aliphatic heterocycles. The lowest BCUT2D eigenvalue weighted by Gasteiger charge is -2.14. The van der Waals surface area contributed by atoms with Crippen LogP contribution in [0.4, 0.5) is 5.69 Å². The van der Waals surface area contributed by atoms with Gasteiger partial charge in [-0.15, -0.1) is 0 Å². The third kappa shape index (κ3) is 3.12. The minimum absolute atomic E-state index is 0.122. The van der Waals surface area contributed by atoms with Crippen molar-refractivity contribution in [3.05, 3.63) is 89.5 Å². The van der Waals surface area contributed by atoms with E-state index < -0.39 is 9.84 Å². The molecule has 0 atom stereocenters. The lowest BCUT2D eigenvalue weighted by Crippen LogP contribution is -2.15. The van der Waals surface area contributed by atoms with Gasteiger partial charge < -0.3 is 5.32 Å². The molecule has 3 aromatic carbocycles. The molecule has 5 nitrogen and oxygen atoms in total. The molecule has 0 radical (unpaired) electrons. The molecule has 0 bridgehead atoms. The van der Waals surface area contributed by atoms with Gasteiger partial charge >= 0.3 is 0 Å². The van der Waals surface area contributed by atoms with E-state index in [1.165, 1.54) is 24.3 Å². The van der Waals surface area contributed by atoms with Crippen LogP contribution in [0.2, 0.25) is 0 Å². The van der Waals surface area contributed by atoms with Gasteiger partial charge in [-0.25, -0.2) is 8.42 Å². The normalized spacial score (nSPS) is 13.2. The zero-order chi connectivity index (χ0) is 19.7. The summed E-state index contributed by atoms with van der Waals surface area (Å²) in [5, 5.41) is 2.75. The largest absolute Gasteiger partial charge is 0.321 e. The van der Waals surface area contributed by atoms with E-state index in [4.69, 9.17) is 0 Å². The highest BCUT2D eigenvalue weighted by Crippen LogP contribution is 2.36. The summed E-state index contributed by atoms with van der Waals surface area (Å²) >= 11 is 0. The Balaban J connectivity index is 1.78. The number of carbonyl (C=O) groups is 2. The molecule has 0 saturated heterocycles. The smallest absolute Gasteiger partial charge is 0.255 e. The number of hydrogen-bond acceptors (Lipinski definition) is 4. The maximum atomic E-state index is 13.1. The Kier molecular flexibility index (Phi) is 4.57. The van der Waals surface area contributed by atoms with Gasteiger partial charge in [0.25, 0.3) is 5.91 Å². The minimum atomic E-state index is -3.75. The third-order valence-electron chi connectivity index (χ3n) is 4.78. The van der Waals surface area contributed by atoms with E-state index in [1.807, 2.05) is 0 Å². The number of nitrogens with one attached hydrogen (secondary N) is 1. The molecule has 1 aliphatic carbocycles. The predicted molar refractivity (Wildman–Crippen MR) is 105 cm³/mol. The van der Waals surface area contributed by atoms with Crippen LogP contribution >= 0.6 is 0 Å². The van der Waals surface area contributed by atoms with E-state index in [2.05, 4.69) is 5.32 Å². The van der Waals surface area contributed by atoms with Gasteiger partial charge in [-0.3, -0.25) is 9.59 Å². The van der Waals surface area contributed by atoms with Crippen molar-refractivity contribution in [2.24, 2.45) is 0 Å². The summed E-state index contributed by atoms with van der Waals surface area (Å²) in [5.41, 5.74) is 1.57. The monoisotopic (exact) mass is 391 g/mol. The van der Waals surface area contributed by atoms with E-state index in [0.717, 1.165) is 0 Å². The van der Waals surface area contributed by atoms with Crippen LogP contribution in [0.25, 0.3) is 0 Å². The maximum Gasteiger partial charge on any atom is 0.255 e. The first-order valence-corrected chi connectivity index (χ1v) is 10.3. The summed E-state index contributed by atoms with van der Waals surface area (Å²) in [4.78, 5) is 25.3. The van der Waals surface area contributed by atoms with Crippen LogP contribution in [-0.4, -0.2) is 20.1 Å². The van der Waals surface area contributed by atoms with Crippen LogP contribution < -0.4 is 5.32 Å². The Morgan fingerprint density at radius 3 is 2.14 bits per heavy atom. The van der Waals surface area contributed by atoms with Crippen LogP contribution in [0.5, 0.6) is 0 Å². The second-order valence-electron chi connectivity index (χ2n) is 6.52. The summed E-state index contributed by atoms with van der Waals surface area (Å²) in [6, 6.07) is 19.7. The highest BCUT2D eigenvalue weighted by atomic mass is 32.2. The van der Waals surface area contributed by atoms with Crippen LogP contribution in [0.1, 0.15) is 32.7 Å². The quantitative estimate of drug-likeness (QED) is 0.731. The molecular formula is C22H17NO4S. The van der Waals surface area contributed by atoms with Crippen molar-refractivity contribution in [3.63, 3.8) is 0 Å². The van der Waals surface area contributed by atoms with E-state index in [1.54, 1.807) is 48.5 Å². The molecule has 0 fully saturated rings. The molecule has 4 rings (SSSR count). The van der Waals surface area contributed by atoms with E-state index in [0.29, 0.717) is 28.8 Å². The van der Waals surface area contributed by atoms with Crippen molar-refractivity contribution >= 4 is 27.2 Å². The first-order chi connectivity index (χ1) is 13.5. The molecule has 28 heavy (non-hydrogen) atoms.